The summed E-state index contributed by atoms with van der Waals surface area (Å²) in [5.41, 5.74) is 0.792. The minimum atomic E-state index is 0.00572. The second-order valence-corrected chi connectivity index (χ2v) is 2.88. The van der Waals surface area contributed by atoms with Gasteiger partial charge in [-0.15, -0.1) is 0 Å². The zero-order valence-corrected chi connectivity index (χ0v) is 7.14. The van der Waals surface area contributed by atoms with Crippen LogP contribution in [0.5, 0.6) is 0 Å². The fourth-order valence-electron chi connectivity index (χ4n) is 0.990. The predicted octanol–water partition coefficient (Wildman–Crippen LogP) is 1.45. The molecule has 2 nitrogen and oxygen atoms in total. The number of rotatable bonds is 2. The van der Waals surface area contributed by atoms with Crippen LogP contribution >= 0.6 is 11.6 Å². The van der Waals surface area contributed by atoms with Crippen LogP contribution in [-0.2, 0) is 4.74 Å². The standard InChI is InChI=1S/C8H11ClO2/c1-11-7-3-2-6(5-10)8(9)4-7/h2-3,7,10H,4-5H2,1H3. The first-order valence-corrected chi connectivity index (χ1v) is 3.85. The summed E-state index contributed by atoms with van der Waals surface area (Å²) in [6.45, 7) is 0.00572. The number of halogens is 1. The van der Waals surface area contributed by atoms with E-state index in [9.17, 15) is 0 Å². The van der Waals surface area contributed by atoms with E-state index in [1.54, 1.807) is 13.2 Å². The van der Waals surface area contributed by atoms with Gasteiger partial charge in [-0.2, -0.15) is 0 Å². The highest BCUT2D eigenvalue weighted by molar-refractivity contribution is 6.30. The Hall–Kier alpha value is -0.310. The van der Waals surface area contributed by atoms with E-state index in [1.165, 1.54) is 0 Å². The zero-order chi connectivity index (χ0) is 8.27. The first kappa shape index (κ1) is 8.78. The Morgan fingerprint density at radius 3 is 3.00 bits per heavy atom. The average Bonchev–Trinajstić information content (AvgIpc) is 2.04. The molecule has 11 heavy (non-hydrogen) atoms. The molecule has 62 valence electrons. The summed E-state index contributed by atoms with van der Waals surface area (Å²) in [4.78, 5) is 0. The molecule has 0 bridgehead atoms. The summed E-state index contributed by atoms with van der Waals surface area (Å²) < 4.78 is 5.07. The maximum atomic E-state index is 8.79. The highest BCUT2D eigenvalue weighted by atomic mass is 35.5. The van der Waals surface area contributed by atoms with Gasteiger partial charge in [-0.3, -0.25) is 0 Å². The molecule has 0 aromatic heterocycles. The van der Waals surface area contributed by atoms with E-state index >= 15 is 0 Å². The number of aliphatic hydroxyl groups is 1. The summed E-state index contributed by atoms with van der Waals surface area (Å²) in [7, 11) is 1.64. The molecule has 0 radical (unpaired) electrons. The Morgan fingerprint density at radius 1 is 1.82 bits per heavy atom. The Kier molecular flexibility index (Phi) is 3.12. The van der Waals surface area contributed by atoms with Gasteiger partial charge in [0, 0.05) is 18.6 Å². The summed E-state index contributed by atoms with van der Waals surface area (Å²) in [5.74, 6) is 0. The molecule has 0 fully saturated rings. The normalized spacial score (nSPS) is 24.5. The van der Waals surface area contributed by atoms with Crippen LogP contribution < -0.4 is 0 Å². The molecule has 0 aliphatic heterocycles. The number of aliphatic hydroxyl groups excluding tert-OH is 1. The molecule has 1 aliphatic carbocycles. The summed E-state index contributed by atoms with van der Waals surface area (Å²) in [5, 5.41) is 9.48. The number of methoxy groups -OCH3 is 1. The van der Waals surface area contributed by atoms with Crippen LogP contribution in [0.1, 0.15) is 6.42 Å². The lowest BCUT2D eigenvalue weighted by molar-refractivity contribution is 0.141. The van der Waals surface area contributed by atoms with Crippen molar-refractivity contribution < 1.29 is 9.84 Å². The van der Waals surface area contributed by atoms with E-state index in [0.717, 1.165) is 5.57 Å². The van der Waals surface area contributed by atoms with E-state index in [4.69, 9.17) is 21.4 Å². The lowest BCUT2D eigenvalue weighted by atomic mass is 10.1. The monoisotopic (exact) mass is 174 g/mol. The molecule has 1 aliphatic rings. The second kappa shape index (κ2) is 3.90. The minimum absolute atomic E-state index is 0.00572. The largest absolute Gasteiger partial charge is 0.392 e. The third-order valence-corrected chi connectivity index (χ3v) is 2.11. The molecule has 0 heterocycles. The SMILES string of the molecule is COC1C=CC(CO)=C(Cl)C1. The summed E-state index contributed by atoms with van der Waals surface area (Å²) in [6.07, 6.45) is 4.44. The molecular formula is C8H11ClO2. The second-order valence-electron chi connectivity index (χ2n) is 2.43. The van der Waals surface area contributed by atoms with Crippen LogP contribution in [0.4, 0.5) is 0 Å². The Balaban J connectivity index is 2.66. The van der Waals surface area contributed by atoms with Crippen molar-refractivity contribution in [2.24, 2.45) is 0 Å². The van der Waals surface area contributed by atoms with E-state index in [0.29, 0.717) is 11.5 Å². The fourth-order valence-corrected chi connectivity index (χ4v) is 1.26. The average molecular weight is 175 g/mol. The topological polar surface area (TPSA) is 29.5 Å². The predicted molar refractivity (Wildman–Crippen MR) is 44.5 cm³/mol. The van der Waals surface area contributed by atoms with Crippen LogP contribution in [0.25, 0.3) is 0 Å². The van der Waals surface area contributed by atoms with E-state index in [2.05, 4.69) is 0 Å². The van der Waals surface area contributed by atoms with E-state index in [1.807, 2.05) is 6.08 Å². The highest BCUT2D eigenvalue weighted by Gasteiger charge is 2.12. The first-order valence-electron chi connectivity index (χ1n) is 3.47. The summed E-state index contributed by atoms with van der Waals surface area (Å²) >= 11 is 5.84. The van der Waals surface area contributed by atoms with Crippen LogP contribution in [0.3, 0.4) is 0 Å². The van der Waals surface area contributed by atoms with Gasteiger partial charge in [-0.05, 0) is 5.57 Å². The van der Waals surface area contributed by atoms with Gasteiger partial charge in [0.15, 0.2) is 0 Å². The fraction of sp³-hybridized carbons (Fsp3) is 0.500. The van der Waals surface area contributed by atoms with Gasteiger partial charge in [0.05, 0.1) is 12.7 Å². The third-order valence-electron chi connectivity index (χ3n) is 1.71. The van der Waals surface area contributed by atoms with E-state index in [-0.39, 0.29) is 12.7 Å². The molecule has 0 spiro atoms. The molecule has 1 N–H and O–H groups in total. The quantitative estimate of drug-likeness (QED) is 0.687. The molecule has 0 amide bonds. The highest BCUT2D eigenvalue weighted by Crippen LogP contribution is 2.23. The number of hydrogen-bond acceptors (Lipinski definition) is 2. The van der Waals surface area contributed by atoms with Crippen LogP contribution in [0.2, 0.25) is 0 Å². The smallest absolute Gasteiger partial charge is 0.0804 e. The molecule has 0 aromatic rings. The number of ether oxygens (including phenoxy) is 1. The van der Waals surface area contributed by atoms with Crippen molar-refractivity contribution in [2.75, 3.05) is 13.7 Å². The van der Waals surface area contributed by atoms with Crippen molar-refractivity contribution in [3.63, 3.8) is 0 Å². The zero-order valence-electron chi connectivity index (χ0n) is 6.38. The maximum absolute atomic E-state index is 8.79. The molecule has 1 atom stereocenters. The first-order chi connectivity index (χ1) is 5.27. The van der Waals surface area contributed by atoms with Gasteiger partial charge in [-0.1, -0.05) is 23.8 Å². The van der Waals surface area contributed by atoms with Crippen LogP contribution in [0.15, 0.2) is 22.8 Å². The van der Waals surface area contributed by atoms with Crippen molar-refractivity contribution >= 4 is 11.6 Å². The van der Waals surface area contributed by atoms with E-state index < -0.39 is 0 Å². The Bertz CT molecular complexity index is 196. The molecule has 0 aromatic carbocycles. The van der Waals surface area contributed by atoms with Gasteiger partial charge in [0.25, 0.3) is 0 Å². The minimum Gasteiger partial charge on any atom is -0.392 e. The molecule has 3 heteroatoms. The summed E-state index contributed by atoms with van der Waals surface area (Å²) in [6, 6.07) is 0. The molecule has 1 rings (SSSR count). The molecule has 0 saturated carbocycles. The van der Waals surface area contributed by atoms with Crippen molar-refractivity contribution in [1.29, 1.82) is 0 Å². The molecule has 1 unspecified atom stereocenters. The molecular weight excluding hydrogens is 164 g/mol. The van der Waals surface area contributed by atoms with Gasteiger partial charge in [-0.25, -0.2) is 0 Å². The molecule has 0 saturated heterocycles. The van der Waals surface area contributed by atoms with Crippen LogP contribution in [-0.4, -0.2) is 24.9 Å². The lowest BCUT2D eigenvalue weighted by Crippen LogP contribution is -2.11. The van der Waals surface area contributed by atoms with Gasteiger partial charge < -0.3 is 9.84 Å². The van der Waals surface area contributed by atoms with Crippen molar-refractivity contribution in [3.05, 3.63) is 22.8 Å². The van der Waals surface area contributed by atoms with Crippen molar-refractivity contribution in [2.45, 2.75) is 12.5 Å². The van der Waals surface area contributed by atoms with Crippen LogP contribution in [0, 0.1) is 0 Å². The Labute approximate surface area is 71.1 Å². The lowest BCUT2D eigenvalue weighted by Gasteiger charge is -2.16. The van der Waals surface area contributed by atoms with Crippen molar-refractivity contribution in [1.82, 2.24) is 0 Å². The maximum Gasteiger partial charge on any atom is 0.0804 e. The van der Waals surface area contributed by atoms with Gasteiger partial charge in [0.2, 0.25) is 0 Å². The third kappa shape index (κ3) is 2.06. The van der Waals surface area contributed by atoms with Crippen molar-refractivity contribution in [3.8, 4) is 0 Å². The van der Waals surface area contributed by atoms with Gasteiger partial charge >= 0.3 is 0 Å². The Morgan fingerprint density at radius 2 is 2.55 bits per heavy atom. The number of hydrogen-bond donors (Lipinski definition) is 1. The van der Waals surface area contributed by atoms with Gasteiger partial charge in [0.1, 0.15) is 0 Å².